The molecule has 1 N–H and O–H groups in total. The van der Waals surface area contributed by atoms with Gasteiger partial charge in [0.25, 0.3) is 0 Å². The number of benzene rings is 2. The molecular weight excluding hydrogens is 382 g/mol. The van der Waals surface area contributed by atoms with E-state index in [0.29, 0.717) is 23.3 Å². The van der Waals surface area contributed by atoms with Crippen molar-refractivity contribution in [3.63, 3.8) is 0 Å². The first-order chi connectivity index (χ1) is 14.5. The smallest absolute Gasteiger partial charge is 0.308 e. The molecule has 0 amide bonds. The fraction of sp³-hybridized carbons (Fsp3) is 0.292. The summed E-state index contributed by atoms with van der Waals surface area (Å²) in [6, 6.07) is 11.3. The molecule has 6 nitrogen and oxygen atoms in total. The van der Waals surface area contributed by atoms with E-state index in [1.807, 2.05) is 24.3 Å². The largest absolute Gasteiger partial charge is 0.504 e. The molecule has 0 bridgehead atoms. The third-order valence-electron chi connectivity index (χ3n) is 5.51. The molecule has 0 saturated carbocycles. The molecule has 2 aromatic carbocycles. The van der Waals surface area contributed by atoms with Gasteiger partial charge in [-0.3, -0.25) is 4.79 Å². The van der Waals surface area contributed by atoms with Gasteiger partial charge in [0.05, 0.1) is 14.2 Å². The van der Waals surface area contributed by atoms with Crippen LogP contribution in [-0.4, -0.2) is 42.8 Å². The number of phenols is 1. The lowest BCUT2D eigenvalue weighted by atomic mass is 9.88. The van der Waals surface area contributed by atoms with Crippen molar-refractivity contribution in [1.82, 2.24) is 4.90 Å². The van der Waals surface area contributed by atoms with Gasteiger partial charge in [0.2, 0.25) is 0 Å². The lowest BCUT2D eigenvalue weighted by molar-refractivity contribution is -0.132. The molecule has 0 aliphatic carbocycles. The quantitative estimate of drug-likeness (QED) is 0.591. The summed E-state index contributed by atoms with van der Waals surface area (Å²) in [6.45, 7) is 2.37. The summed E-state index contributed by atoms with van der Waals surface area (Å²) in [5.41, 5.74) is 3.93. The first-order valence-electron chi connectivity index (χ1n) is 9.94. The zero-order valence-electron chi connectivity index (χ0n) is 17.3. The van der Waals surface area contributed by atoms with Crippen LogP contribution in [0.15, 0.2) is 48.7 Å². The molecule has 0 radical (unpaired) electrons. The lowest BCUT2D eigenvalue weighted by Gasteiger charge is -2.29. The molecule has 1 unspecified atom stereocenters. The molecule has 4 rings (SSSR count). The summed E-state index contributed by atoms with van der Waals surface area (Å²) in [6.07, 6.45) is 6.68. The van der Waals surface area contributed by atoms with Crippen molar-refractivity contribution >= 4 is 17.1 Å². The minimum atomic E-state index is -0.401. The second-order valence-corrected chi connectivity index (χ2v) is 7.42. The Morgan fingerprint density at radius 2 is 1.70 bits per heavy atom. The molecule has 6 heteroatoms. The molecule has 156 valence electrons. The summed E-state index contributed by atoms with van der Waals surface area (Å²) in [4.78, 5) is 13.9. The van der Waals surface area contributed by atoms with Gasteiger partial charge in [-0.25, -0.2) is 0 Å². The van der Waals surface area contributed by atoms with Gasteiger partial charge < -0.3 is 24.2 Å². The van der Waals surface area contributed by atoms with Crippen LogP contribution >= 0.6 is 0 Å². The van der Waals surface area contributed by atoms with Crippen molar-refractivity contribution in [2.24, 2.45) is 0 Å². The molecule has 2 aliphatic heterocycles. The Morgan fingerprint density at radius 3 is 2.43 bits per heavy atom. The molecule has 0 spiro atoms. The van der Waals surface area contributed by atoms with Crippen molar-refractivity contribution in [3.8, 4) is 23.0 Å². The number of carbonyl (C=O) groups is 1. The minimum Gasteiger partial charge on any atom is -0.504 e. The summed E-state index contributed by atoms with van der Waals surface area (Å²) < 4.78 is 16.0. The third kappa shape index (κ3) is 3.73. The standard InChI is InChI=1S/C24H25NO5/c1-15(26)30-24-12-17(7-9-22(24)28-2)20-14-25-10-4-5-18(25)13-19(20)16-6-8-21(27)23(11-16)29-3/h6-9,11-14,18,27H,4-5,10H2,1-3H3. The Hall–Kier alpha value is -3.41. The summed E-state index contributed by atoms with van der Waals surface area (Å²) in [7, 11) is 3.09. The number of carbonyl (C=O) groups excluding carboxylic acids is 1. The van der Waals surface area contributed by atoms with Crippen LogP contribution in [0, 0.1) is 0 Å². The zero-order valence-corrected chi connectivity index (χ0v) is 17.3. The Balaban J connectivity index is 1.82. The van der Waals surface area contributed by atoms with E-state index in [0.717, 1.165) is 41.7 Å². The maximum absolute atomic E-state index is 11.6. The van der Waals surface area contributed by atoms with E-state index >= 15 is 0 Å². The molecule has 1 fully saturated rings. The topological polar surface area (TPSA) is 68.2 Å². The number of rotatable bonds is 5. The number of nitrogens with zero attached hydrogens (tertiary/aromatic N) is 1. The fourth-order valence-corrected chi connectivity index (χ4v) is 4.08. The Morgan fingerprint density at radius 1 is 1.00 bits per heavy atom. The predicted molar refractivity (Wildman–Crippen MR) is 115 cm³/mol. The number of phenolic OH excluding ortho intramolecular Hbond substituents is 1. The summed E-state index contributed by atoms with van der Waals surface area (Å²) >= 11 is 0. The maximum atomic E-state index is 11.6. The van der Waals surface area contributed by atoms with E-state index in [4.69, 9.17) is 14.2 Å². The van der Waals surface area contributed by atoms with Crippen LogP contribution in [0.1, 0.15) is 30.9 Å². The van der Waals surface area contributed by atoms with Crippen molar-refractivity contribution in [1.29, 1.82) is 0 Å². The number of allylic oxidation sites excluding steroid dienone is 2. The highest BCUT2D eigenvalue weighted by Gasteiger charge is 2.28. The highest BCUT2D eigenvalue weighted by Crippen LogP contribution is 2.42. The van der Waals surface area contributed by atoms with Gasteiger partial charge in [0, 0.05) is 31.3 Å². The van der Waals surface area contributed by atoms with Crippen LogP contribution < -0.4 is 14.2 Å². The van der Waals surface area contributed by atoms with Crippen LogP contribution in [0.25, 0.3) is 11.1 Å². The van der Waals surface area contributed by atoms with Gasteiger partial charge in [-0.1, -0.05) is 18.2 Å². The Bertz CT molecular complexity index is 1040. The minimum absolute atomic E-state index is 0.104. The molecule has 2 aromatic rings. The second kappa shape index (κ2) is 8.14. The summed E-state index contributed by atoms with van der Waals surface area (Å²) in [5.74, 6) is 1.02. The van der Waals surface area contributed by atoms with Gasteiger partial charge >= 0.3 is 5.97 Å². The molecule has 1 atom stereocenters. The van der Waals surface area contributed by atoms with Crippen LogP contribution in [0.2, 0.25) is 0 Å². The number of methoxy groups -OCH3 is 2. The molecular formula is C24H25NO5. The average molecular weight is 407 g/mol. The Labute approximate surface area is 176 Å². The highest BCUT2D eigenvalue weighted by molar-refractivity contribution is 6.06. The number of ether oxygens (including phenoxy) is 3. The van der Waals surface area contributed by atoms with Crippen LogP contribution in [0.3, 0.4) is 0 Å². The van der Waals surface area contributed by atoms with E-state index in [1.165, 1.54) is 6.92 Å². The van der Waals surface area contributed by atoms with Crippen molar-refractivity contribution in [2.75, 3.05) is 20.8 Å². The molecule has 30 heavy (non-hydrogen) atoms. The maximum Gasteiger partial charge on any atom is 0.308 e. The van der Waals surface area contributed by atoms with Gasteiger partial charge in [-0.15, -0.1) is 0 Å². The molecule has 1 saturated heterocycles. The van der Waals surface area contributed by atoms with Gasteiger partial charge in [0.15, 0.2) is 23.0 Å². The van der Waals surface area contributed by atoms with Gasteiger partial charge in [0.1, 0.15) is 0 Å². The van der Waals surface area contributed by atoms with Crippen LogP contribution in [0.5, 0.6) is 23.0 Å². The number of hydrogen-bond donors (Lipinski definition) is 1. The fourth-order valence-electron chi connectivity index (χ4n) is 4.08. The number of aromatic hydroxyl groups is 1. The van der Waals surface area contributed by atoms with E-state index in [2.05, 4.69) is 17.2 Å². The number of hydrogen-bond acceptors (Lipinski definition) is 6. The van der Waals surface area contributed by atoms with E-state index in [9.17, 15) is 9.90 Å². The number of fused-ring (bicyclic) bond motifs is 1. The van der Waals surface area contributed by atoms with Gasteiger partial charge in [-0.2, -0.15) is 0 Å². The molecule has 2 heterocycles. The lowest BCUT2D eigenvalue weighted by Crippen LogP contribution is -2.25. The van der Waals surface area contributed by atoms with Crippen LogP contribution in [0.4, 0.5) is 0 Å². The van der Waals surface area contributed by atoms with Crippen molar-refractivity contribution in [3.05, 3.63) is 59.8 Å². The highest BCUT2D eigenvalue weighted by atomic mass is 16.6. The van der Waals surface area contributed by atoms with E-state index in [-0.39, 0.29) is 5.75 Å². The first kappa shape index (κ1) is 19.9. The first-order valence-corrected chi connectivity index (χ1v) is 9.94. The Kier molecular flexibility index (Phi) is 5.40. The zero-order chi connectivity index (χ0) is 21.3. The molecule has 2 aliphatic rings. The molecule has 0 aromatic heterocycles. The SMILES string of the molecule is COc1cc(C2=CC3CCCN3C=C2c2ccc(OC)c(OC(C)=O)c2)ccc1O. The summed E-state index contributed by atoms with van der Waals surface area (Å²) in [5, 5.41) is 10.0. The predicted octanol–water partition coefficient (Wildman–Crippen LogP) is 4.24. The van der Waals surface area contributed by atoms with Crippen molar-refractivity contribution < 1.29 is 24.1 Å². The third-order valence-corrected chi connectivity index (χ3v) is 5.51. The monoisotopic (exact) mass is 407 g/mol. The average Bonchev–Trinajstić information content (AvgIpc) is 3.20. The van der Waals surface area contributed by atoms with E-state index in [1.54, 1.807) is 26.4 Å². The van der Waals surface area contributed by atoms with Crippen LogP contribution in [-0.2, 0) is 4.79 Å². The number of esters is 1. The normalized spacial score (nSPS) is 17.7. The van der Waals surface area contributed by atoms with Gasteiger partial charge in [-0.05, 0) is 53.8 Å². The van der Waals surface area contributed by atoms with E-state index < -0.39 is 5.97 Å². The van der Waals surface area contributed by atoms with Crippen molar-refractivity contribution in [2.45, 2.75) is 25.8 Å². The second-order valence-electron chi connectivity index (χ2n) is 7.42.